The van der Waals surface area contributed by atoms with E-state index in [4.69, 9.17) is 4.74 Å². The summed E-state index contributed by atoms with van der Waals surface area (Å²) >= 11 is 1.67. The maximum atomic E-state index is 10.2. The zero-order chi connectivity index (χ0) is 13.4. The first-order chi connectivity index (χ1) is 8.61. The summed E-state index contributed by atoms with van der Waals surface area (Å²) in [7, 11) is 0. The lowest BCUT2D eigenvalue weighted by molar-refractivity contribution is -0.307. The van der Waals surface area contributed by atoms with Crippen molar-refractivity contribution in [3.8, 4) is 5.75 Å². The van der Waals surface area contributed by atoms with E-state index in [2.05, 4.69) is 0 Å². The second-order valence-corrected chi connectivity index (χ2v) is 4.78. The van der Waals surface area contributed by atoms with E-state index in [1.807, 2.05) is 30.5 Å². The highest BCUT2D eigenvalue weighted by atomic mass is 32.2. The van der Waals surface area contributed by atoms with Crippen molar-refractivity contribution in [1.29, 1.82) is 0 Å². The van der Waals surface area contributed by atoms with E-state index in [9.17, 15) is 15.0 Å². The van der Waals surface area contributed by atoms with Crippen molar-refractivity contribution >= 4 is 17.7 Å². The van der Waals surface area contributed by atoms with Crippen LogP contribution in [0.3, 0.4) is 0 Å². The molecular formula is C13H17O4S-. The van der Waals surface area contributed by atoms with Gasteiger partial charge in [-0.05, 0) is 43.4 Å². The molecule has 1 N–H and O–H groups in total. The second-order valence-electron chi connectivity index (χ2n) is 3.90. The van der Waals surface area contributed by atoms with E-state index in [0.717, 1.165) is 5.75 Å². The van der Waals surface area contributed by atoms with Crippen molar-refractivity contribution in [2.75, 3.05) is 12.9 Å². The number of aliphatic carboxylic acids is 1. The number of thioether (sulfide) groups is 1. The molecule has 0 spiro atoms. The van der Waals surface area contributed by atoms with Gasteiger partial charge in [-0.15, -0.1) is 11.8 Å². The third-order valence-electron chi connectivity index (χ3n) is 2.41. The Balaban J connectivity index is 2.19. The van der Waals surface area contributed by atoms with E-state index < -0.39 is 12.1 Å². The number of rotatable bonds is 8. The number of ether oxygens (including phenoxy) is 1. The Labute approximate surface area is 111 Å². The number of carboxylic acid groups (broad SMARTS) is 1. The highest BCUT2D eigenvalue weighted by molar-refractivity contribution is 7.98. The smallest absolute Gasteiger partial charge is 0.119 e. The molecule has 1 atom stereocenters. The zero-order valence-corrected chi connectivity index (χ0v) is 11.1. The number of aliphatic hydroxyl groups excluding tert-OH is 1. The molecule has 0 saturated carbocycles. The molecule has 1 unspecified atom stereocenters. The van der Waals surface area contributed by atoms with Crippen molar-refractivity contribution in [3.63, 3.8) is 0 Å². The van der Waals surface area contributed by atoms with Gasteiger partial charge in [0, 0.05) is 17.3 Å². The topological polar surface area (TPSA) is 69.6 Å². The molecule has 1 aromatic carbocycles. The summed E-state index contributed by atoms with van der Waals surface area (Å²) in [6, 6.07) is 7.74. The molecular weight excluding hydrogens is 252 g/mol. The third kappa shape index (κ3) is 5.93. The summed E-state index contributed by atoms with van der Waals surface area (Å²) < 4.78 is 5.48. The summed E-state index contributed by atoms with van der Waals surface area (Å²) in [5.74, 6) is -0.446. The van der Waals surface area contributed by atoms with Crippen LogP contribution < -0.4 is 9.84 Å². The molecule has 100 valence electrons. The maximum Gasteiger partial charge on any atom is 0.119 e. The van der Waals surface area contributed by atoms with Gasteiger partial charge in [-0.2, -0.15) is 0 Å². The van der Waals surface area contributed by atoms with E-state index in [-0.39, 0.29) is 6.42 Å². The maximum absolute atomic E-state index is 10.2. The molecule has 1 rings (SSSR count). The Morgan fingerprint density at radius 3 is 2.67 bits per heavy atom. The van der Waals surface area contributed by atoms with Crippen LogP contribution in [0.25, 0.3) is 0 Å². The van der Waals surface area contributed by atoms with E-state index >= 15 is 0 Å². The van der Waals surface area contributed by atoms with Gasteiger partial charge in [-0.1, -0.05) is 0 Å². The summed E-state index contributed by atoms with van der Waals surface area (Å²) in [5.41, 5.74) is 0. The molecule has 5 heteroatoms. The number of carbonyl (C=O) groups is 1. The molecule has 0 fully saturated rings. The minimum Gasteiger partial charge on any atom is -0.550 e. The van der Waals surface area contributed by atoms with Gasteiger partial charge in [0.1, 0.15) is 5.75 Å². The van der Waals surface area contributed by atoms with Gasteiger partial charge in [-0.3, -0.25) is 0 Å². The minimum absolute atomic E-state index is 0.317. The van der Waals surface area contributed by atoms with Gasteiger partial charge in [0.05, 0.1) is 12.7 Å². The average Bonchev–Trinajstić information content (AvgIpc) is 2.34. The van der Waals surface area contributed by atoms with Gasteiger partial charge in [-0.25, -0.2) is 0 Å². The quantitative estimate of drug-likeness (QED) is 0.564. The van der Waals surface area contributed by atoms with Crippen LogP contribution in [-0.4, -0.2) is 30.0 Å². The van der Waals surface area contributed by atoms with Crippen LogP contribution in [0.1, 0.15) is 19.3 Å². The molecule has 1 aromatic rings. The molecule has 0 aliphatic rings. The lowest BCUT2D eigenvalue weighted by Gasteiger charge is -2.11. The largest absolute Gasteiger partial charge is 0.550 e. The van der Waals surface area contributed by atoms with E-state index in [0.29, 0.717) is 19.4 Å². The number of benzene rings is 1. The van der Waals surface area contributed by atoms with Crippen LogP contribution in [0, 0.1) is 0 Å². The summed E-state index contributed by atoms with van der Waals surface area (Å²) in [6.07, 6.45) is 1.85. The molecule has 18 heavy (non-hydrogen) atoms. The van der Waals surface area contributed by atoms with Crippen LogP contribution in [-0.2, 0) is 4.79 Å². The predicted molar refractivity (Wildman–Crippen MR) is 68.6 cm³/mol. The predicted octanol–water partition coefficient (Wildman–Crippen LogP) is 1.07. The average molecular weight is 269 g/mol. The number of carboxylic acids is 1. The Kier molecular flexibility index (Phi) is 6.60. The van der Waals surface area contributed by atoms with Crippen LogP contribution in [0.5, 0.6) is 5.75 Å². The van der Waals surface area contributed by atoms with Gasteiger partial charge in [0.15, 0.2) is 0 Å². The monoisotopic (exact) mass is 269 g/mol. The van der Waals surface area contributed by atoms with Crippen molar-refractivity contribution in [2.24, 2.45) is 0 Å². The van der Waals surface area contributed by atoms with Gasteiger partial charge >= 0.3 is 0 Å². The number of carbonyl (C=O) groups excluding carboxylic acids is 1. The fourth-order valence-corrected chi connectivity index (χ4v) is 1.88. The molecule has 0 heterocycles. The summed E-state index contributed by atoms with van der Waals surface area (Å²) in [4.78, 5) is 11.4. The highest BCUT2D eigenvalue weighted by Gasteiger charge is 2.04. The van der Waals surface area contributed by atoms with Crippen molar-refractivity contribution in [3.05, 3.63) is 24.3 Å². The van der Waals surface area contributed by atoms with E-state index in [1.54, 1.807) is 11.8 Å². The third-order valence-corrected chi connectivity index (χ3v) is 3.16. The number of hydrogen-bond donors (Lipinski definition) is 1. The number of hydrogen-bond acceptors (Lipinski definition) is 5. The zero-order valence-electron chi connectivity index (χ0n) is 10.3. The van der Waals surface area contributed by atoms with Crippen LogP contribution >= 0.6 is 11.8 Å². The summed E-state index contributed by atoms with van der Waals surface area (Å²) in [5, 5.41) is 19.5. The molecule has 0 saturated heterocycles. The second kappa shape index (κ2) is 8.00. The SMILES string of the molecule is CSc1ccc(OCCCC(O)CC(=O)[O-])cc1. The van der Waals surface area contributed by atoms with Crippen LogP contribution in [0.4, 0.5) is 0 Å². The van der Waals surface area contributed by atoms with Gasteiger partial charge in [0.2, 0.25) is 0 Å². The molecule has 0 aliphatic heterocycles. The molecule has 0 aromatic heterocycles. The van der Waals surface area contributed by atoms with Crippen LogP contribution in [0.15, 0.2) is 29.2 Å². The minimum atomic E-state index is -1.23. The van der Waals surface area contributed by atoms with Crippen molar-refractivity contribution < 1.29 is 19.7 Å². The van der Waals surface area contributed by atoms with Crippen molar-refractivity contribution in [2.45, 2.75) is 30.3 Å². The standard InChI is InChI=1S/C13H18O4S/c1-18-12-6-4-11(5-7-12)17-8-2-3-10(14)9-13(15)16/h4-7,10,14H,2-3,8-9H2,1H3,(H,15,16)/p-1. The van der Waals surface area contributed by atoms with Crippen molar-refractivity contribution in [1.82, 2.24) is 0 Å². The van der Waals surface area contributed by atoms with Gasteiger partial charge in [0.25, 0.3) is 0 Å². The first kappa shape index (κ1) is 14.9. The Hall–Kier alpha value is -1.20. The van der Waals surface area contributed by atoms with Crippen LogP contribution in [0.2, 0.25) is 0 Å². The fourth-order valence-electron chi connectivity index (χ4n) is 1.48. The molecule has 0 bridgehead atoms. The summed E-state index contributed by atoms with van der Waals surface area (Å²) in [6.45, 7) is 0.461. The first-order valence-electron chi connectivity index (χ1n) is 5.76. The fraction of sp³-hybridized carbons (Fsp3) is 0.462. The van der Waals surface area contributed by atoms with E-state index in [1.165, 1.54) is 4.90 Å². The Morgan fingerprint density at radius 2 is 2.11 bits per heavy atom. The lowest BCUT2D eigenvalue weighted by Crippen LogP contribution is -2.27. The molecule has 0 aliphatic carbocycles. The Morgan fingerprint density at radius 1 is 1.44 bits per heavy atom. The normalized spacial score (nSPS) is 12.1. The highest BCUT2D eigenvalue weighted by Crippen LogP contribution is 2.19. The van der Waals surface area contributed by atoms with Gasteiger partial charge < -0.3 is 19.7 Å². The first-order valence-corrected chi connectivity index (χ1v) is 6.99. The molecule has 4 nitrogen and oxygen atoms in total. The lowest BCUT2D eigenvalue weighted by atomic mass is 10.1. The number of aliphatic hydroxyl groups is 1. The molecule has 0 radical (unpaired) electrons. The Bertz CT molecular complexity index is 364. The molecule has 0 amide bonds.